The van der Waals surface area contributed by atoms with E-state index in [0.717, 1.165) is 19.4 Å². The quantitative estimate of drug-likeness (QED) is 0.783. The topological polar surface area (TPSA) is 64.4 Å². The largest absolute Gasteiger partial charge is 0.370 e. The highest BCUT2D eigenvalue weighted by Gasteiger charge is 2.23. The number of amides is 1. The summed E-state index contributed by atoms with van der Waals surface area (Å²) in [6.07, 6.45) is 2.20. The third kappa shape index (κ3) is 3.31. The molecule has 1 aliphatic rings. The Labute approximate surface area is 115 Å². The molecule has 1 aliphatic carbocycles. The lowest BCUT2D eigenvalue weighted by molar-refractivity contribution is -0.122. The Balaban J connectivity index is 1.80. The molecule has 98 valence electrons. The summed E-state index contributed by atoms with van der Waals surface area (Å²) in [5.74, 6) is -0.426. The average molecular weight is 313 g/mol. The zero-order chi connectivity index (χ0) is 13.0. The molecular formula is C13H17BrN2O2. The molecule has 0 aliphatic heterocycles. The van der Waals surface area contributed by atoms with Crippen molar-refractivity contribution in [2.24, 2.45) is 5.73 Å². The fourth-order valence-corrected chi connectivity index (χ4v) is 2.88. The van der Waals surface area contributed by atoms with Gasteiger partial charge in [0.2, 0.25) is 5.91 Å². The number of hydrogen-bond acceptors (Lipinski definition) is 3. The second kappa shape index (κ2) is 6.31. The molecule has 1 aromatic rings. The molecule has 0 bridgehead atoms. The number of ether oxygens (including phenoxy) is 1. The van der Waals surface area contributed by atoms with Crippen molar-refractivity contribution < 1.29 is 9.53 Å². The number of carbonyl (C=O) groups excluding carboxylic acids is 1. The highest BCUT2D eigenvalue weighted by atomic mass is 79.9. The fourth-order valence-electron chi connectivity index (χ4n) is 2.30. The van der Waals surface area contributed by atoms with Gasteiger partial charge >= 0.3 is 0 Å². The van der Waals surface area contributed by atoms with Crippen LogP contribution in [0.5, 0.6) is 0 Å². The highest BCUT2D eigenvalue weighted by molar-refractivity contribution is 9.10. The van der Waals surface area contributed by atoms with Crippen LogP contribution in [-0.4, -0.2) is 25.7 Å². The lowest BCUT2D eigenvalue weighted by Gasteiger charge is -2.14. The van der Waals surface area contributed by atoms with Crippen molar-refractivity contribution in [2.75, 3.05) is 19.8 Å². The highest BCUT2D eigenvalue weighted by Crippen LogP contribution is 2.35. The third-order valence-corrected chi connectivity index (χ3v) is 3.84. The van der Waals surface area contributed by atoms with Gasteiger partial charge in [0.1, 0.15) is 6.61 Å². The number of carbonyl (C=O) groups is 1. The van der Waals surface area contributed by atoms with Crippen molar-refractivity contribution >= 4 is 21.8 Å². The Hall–Kier alpha value is -0.910. The second-order valence-electron chi connectivity index (χ2n) is 4.37. The molecule has 4 nitrogen and oxygen atoms in total. The maximum absolute atomic E-state index is 10.5. The van der Waals surface area contributed by atoms with Crippen molar-refractivity contribution in [3.8, 4) is 0 Å². The van der Waals surface area contributed by atoms with E-state index in [4.69, 9.17) is 10.5 Å². The first-order valence-corrected chi connectivity index (χ1v) is 6.84. The number of hydrogen-bond donors (Lipinski definition) is 2. The Bertz CT molecular complexity index is 437. The zero-order valence-corrected chi connectivity index (χ0v) is 11.7. The first kappa shape index (κ1) is 13.5. The van der Waals surface area contributed by atoms with Gasteiger partial charge in [-0.15, -0.1) is 0 Å². The summed E-state index contributed by atoms with van der Waals surface area (Å²) in [5, 5.41) is 3.44. The molecule has 2 rings (SSSR count). The van der Waals surface area contributed by atoms with Gasteiger partial charge in [-0.3, -0.25) is 4.79 Å². The normalized spacial score (nSPS) is 17.7. The van der Waals surface area contributed by atoms with E-state index in [0.29, 0.717) is 12.6 Å². The Morgan fingerprint density at radius 3 is 3.17 bits per heavy atom. The predicted molar refractivity (Wildman–Crippen MR) is 73.2 cm³/mol. The van der Waals surface area contributed by atoms with Crippen LogP contribution in [-0.2, 0) is 16.0 Å². The van der Waals surface area contributed by atoms with Crippen LogP contribution in [0.2, 0.25) is 0 Å². The second-order valence-corrected chi connectivity index (χ2v) is 5.23. The molecule has 0 saturated carbocycles. The van der Waals surface area contributed by atoms with Gasteiger partial charge in [0.15, 0.2) is 0 Å². The van der Waals surface area contributed by atoms with E-state index in [1.807, 2.05) is 0 Å². The van der Waals surface area contributed by atoms with Gasteiger partial charge in [-0.2, -0.15) is 0 Å². The minimum absolute atomic E-state index is 0.00547. The van der Waals surface area contributed by atoms with Crippen molar-refractivity contribution in [2.45, 2.75) is 18.9 Å². The number of rotatable bonds is 6. The third-order valence-electron chi connectivity index (χ3n) is 3.09. The SMILES string of the molecule is NC(=O)COCCNC1CCc2c(Br)cccc21. The van der Waals surface area contributed by atoms with Crippen LogP contribution in [0.4, 0.5) is 0 Å². The molecular weight excluding hydrogens is 296 g/mol. The van der Waals surface area contributed by atoms with Crippen LogP contribution in [0.25, 0.3) is 0 Å². The molecule has 1 atom stereocenters. The lowest BCUT2D eigenvalue weighted by atomic mass is 10.1. The number of benzene rings is 1. The van der Waals surface area contributed by atoms with Gasteiger partial charge < -0.3 is 15.8 Å². The Morgan fingerprint density at radius 1 is 1.56 bits per heavy atom. The number of primary amides is 1. The van der Waals surface area contributed by atoms with Crippen molar-refractivity contribution in [3.63, 3.8) is 0 Å². The monoisotopic (exact) mass is 312 g/mol. The van der Waals surface area contributed by atoms with Crippen LogP contribution < -0.4 is 11.1 Å². The first-order valence-electron chi connectivity index (χ1n) is 6.05. The van der Waals surface area contributed by atoms with Crippen molar-refractivity contribution in [1.82, 2.24) is 5.32 Å². The summed E-state index contributed by atoms with van der Waals surface area (Å²) in [4.78, 5) is 10.5. The Kier molecular flexibility index (Phi) is 4.74. The smallest absolute Gasteiger partial charge is 0.243 e. The van der Waals surface area contributed by atoms with Crippen LogP contribution in [0.1, 0.15) is 23.6 Å². The van der Waals surface area contributed by atoms with Crippen LogP contribution in [0.15, 0.2) is 22.7 Å². The molecule has 0 spiro atoms. The summed E-state index contributed by atoms with van der Waals surface area (Å²) in [6.45, 7) is 1.22. The molecule has 0 aromatic heterocycles. The van der Waals surface area contributed by atoms with Gasteiger partial charge in [-0.25, -0.2) is 0 Å². The fraction of sp³-hybridized carbons (Fsp3) is 0.462. The Morgan fingerprint density at radius 2 is 2.39 bits per heavy atom. The number of nitrogens with one attached hydrogen (secondary N) is 1. The molecule has 0 radical (unpaired) electrons. The van der Waals surface area contributed by atoms with E-state index in [1.54, 1.807) is 0 Å². The minimum Gasteiger partial charge on any atom is -0.370 e. The van der Waals surface area contributed by atoms with Crippen molar-refractivity contribution in [1.29, 1.82) is 0 Å². The predicted octanol–water partition coefficient (Wildman–Crippen LogP) is 1.53. The molecule has 1 unspecified atom stereocenters. The van der Waals surface area contributed by atoms with E-state index >= 15 is 0 Å². The van der Waals surface area contributed by atoms with Gasteiger partial charge in [0, 0.05) is 17.1 Å². The maximum Gasteiger partial charge on any atom is 0.243 e. The van der Waals surface area contributed by atoms with Crippen molar-refractivity contribution in [3.05, 3.63) is 33.8 Å². The van der Waals surface area contributed by atoms with E-state index in [9.17, 15) is 4.79 Å². The number of fused-ring (bicyclic) bond motifs is 1. The molecule has 0 heterocycles. The molecule has 1 aromatic carbocycles. The van der Waals surface area contributed by atoms with E-state index in [-0.39, 0.29) is 6.61 Å². The average Bonchev–Trinajstić information content (AvgIpc) is 2.73. The van der Waals surface area contributed by atoms with Crippen LogP contribution in [0, 0.1) is 0 Å². The van der Waals surface area contributed by atoms with E-state index in [2.05, 4.69) is 39.4 Å². The lowest BCUT2D eigenvalue weighted by Crippen LogP contribution is -2.26. The van der Waals surface area contributed by atoms with E-state index < -0.39 is 5.91 Å². The molecule has 0 fully saturated rings. The van der Waals surface area contributed by atoms with Crippen LogP contribution in [0.3, 0.4) is 0 Å². The number of nitrogens with two attached hydrogens (primary N) is 1. The minimum atomic E-state index is -0.426. The number of halogens is 1. The summed E-state index contributed by atoms with van der Waals surface area (Å²) in [7, 11) is 0. The van der Waals surface area contributed by atoms with Gasteiger partial charge in [0.25, 0.3) is 0 Å². The van der Waals surface area contributed by atoms with Crippen LogP contribution >= 0.6 is 15.9 Å². The summed E-state index contributed by atoms with van der Waals surface area (Å²) in [5.41, 5.74) is 7.74. The first-order chi connectivity index (χ1) is 8.68. The summed E-state index contributed by atoms with van der Waals surface area (Å²) >= 11 is 3.58. The molecule has 18 heavy (non-hydrogen) atoms. The summed E-state index contributed by atoms with van der Waals surface area (Å²) in [6, 6.07) is 6.69. The maximum atomic E-state index is 10.5. The van der Waals surface area contributed by atoms with Gasteiger partial charge in [0.05, 0.1) is 6.61 Å². The molecule has 1 amide bonds. The van der Waals surface area contributed by atoms with E-state index in [1.165, 1.54) is 15.6 Å². The van der Waals surface area contributed by atoms with Gasteiger partial charge in [-0.05, 0) is 30.0 Å². The molecule has 0 saturated heterocycles. The van der Waals surface area contributed by atoms with Gasteiger partial charge in [-0.1, -0.05) is 28.1 Å². The molecule has 5 heteroatoms. The molecule has 3 N–H and O–H groups in total. The standard InChI is InChI=1S/C13H17BrN2O2/c14-11-3-1-2-10-9(11)4-5-12(10)16-6-7-18-8-13(15)17/h1-3,12,16H,4-8H2,(H2,15,17). The zero-order valence-electron chi connectivity index (χ0n) is 10.1. The summed E-state index contributed by atoms with van der Waals surface area (Å²) < 4.78 is 6.31.